The van der Waals surface area contributed by atoms with Crippen LogP contribution in [0.4, 0.5) is 0 Å². The Balaban J connectivity index is 2.42. The first-order chi connectivity index (χ1) is 4.72. The normalized spacial score (nSPS) is 34.0. The molecule has 0 aromatic rings. The van der Waals surface area contributed by atoms with E-state index in [1.165, 1.54) is 0 Å². The minimum absolute atomic E-state index is 0.435. The lowest BCUT2D eigenvalue weighted by Gasteiger charge is -2.31. The number of likely N-dealkylation sites (tertiary alicyclic amines) is 1. The molecule has 1 saturated heterocycles. The van der Waals surface area contributed by atoms with Gasteiger partial charge in [0.05, 0.1) is 18.5 Å². The van der Waals surface area contributed by atoms with Gasteiger partial charge in [-0.3, -0.25) is 5.41 Å². The van der Waals surface area contributed by atoms with E-state index >= 15 is 0 Å². The van der Waals surface area contributed by atoms with Crippen molar-refractivity contribution in [3.63, 3.8) is 0 Å². The lowest BCUT2D eigenvalue weighted by Crippen LogP contribution is -2.44. The second-order valence-electron chi connectivity index (χ2n) is 2.63. The molecule has 4 nitrogen and oxygen atoms in total. The van der Waals surface area contributed by atoms with Crippen LogP contribution in [0, 0.1) is 5.41 Å². The van der Waals surface area contributed by atoms with Gasteiger partial charge in [0.2, 0.25) is 0 Å². The van der Waals surface area contributed by atoms with Crippen LogP contribution in [0.5, 0.6) is 0 Å². The SMILES string of the molecule is N=CN1CC(O)CC(O)C1. The van der Waals surface area contributed by atoms with Crippen LogP contribution < -0.4 is 0 Å². The molecule has 0 saturated carbocycles. The Morgan fingerprint density at radius 1 is 1.30 bits per heavy atom. The van der Waals surface area contributed by atoms with Crippen molar-refractivity contribution in [3.05, 3.63) is 0 Å². The molecule has 1 aliphatic rings. The Morgan fingerprint density at radius 2 is 1.80 bits per heavy atom. The number of nitrogens with zero attached hydrogens (tertiary/aromatic N) is 1. The standard InChI is InChI=1S/C6H12N2O2/c7-4-8-2-5(9)1-6(10)3-8/h4-7,9-10H,1-3H2. The van der Waals surface area contributed by atoms with Crippen LogP contribution in [0.3, 0.4) is 0 Å². The Labute approximate surface area is 59.6 Å². The molecule has 0 radical (unpaired) electrons. The Kier molecular flexibility index (Phi) is 2.24. The van der Waals surface area contributed by atoms with Crippen molar-refractivity contribution in [2.45, 2.75) is 18.6 Å². The molecular formula is C6H12N2O2. The fourth-order valence-electron chi connectivity index (χ4n) is 1.18. The Hall–Kier alpha value is -0.610. The number of hydrogen-bond donors (Lipinski definition) is 3. The number of nitrogens with one attached hydrogen (secondary N) is 1. The van der Waals surface area contributed by atoms with Gasteiger partial charge in [0.1, 0.15) is 0 Å². The van der Waals surface area contributed by atoms with Crippen LogP contribution in [-0.4, -0.2) is 46.7 Å². The Morgan fingerprint density at radius 3 is 2.20 bits per heavy atom. The van der Waals surface area contributed by atoms with E-state index in [1.54, 1.807) is 4.90 Å². The number of aliphatic hydroxyl groups excluding tert-OH is 2. The third-order valence-corrected chi connectivity index (χ3v) is 1.62. The predicted molar refractivity (Wildman–Crippen MR) is 37.0 cm³/mol. The zero-order valence-corrected chi connectivity index (χ0v) is 5.70. The molecule has 3 N–H and O–H groups in total. The van der Waals surface area contributed by atoms with E-state index in [0.717, 1.165) is 6.34 Å². The van der Waals surface area contributed by atoms with Crippen LogP contribution in [0.1, 0.15) is 6.42 Å². The predicted octanol–water partition coefficient (Wildman–Crippen LogP) is -0.979. The van der Waals surface area contributed by atoms with E-state index in [0.29, 0.717) is 19.5 Å². The van der Waals surface area contributed by atoms with Crippen LogP contribution in [-0.2, 0) is 0 Å². The largest absolute Gasteiger partial charge is 0.391 e. The molecular weight excluding hydrogens is 132 g/mol. The molecule has 58 valence electrons. The second kappa shape index (κ2) is 2.98. The van der Waals surface area contributed by atoms with Crippen LogP contribution in [0.25, 0.3) is 0 Å². The van der Waals surface area contributed by atoms with Gasteiger partial charge in [0.25, 0.3) is 0 Å². The van der Waals surface area contributed by atoms with Crippen molar-refractivity contribution in [1.29, 1.82) is 5.41 Å². The Bertz CT molecular complexity index is 119. The van der Waals surface area contributed by atoms with Gasteiger partial charge in [-0.2, -0.15) is 0 Å². The van der Waals surface area contributed by atoms with Crippen molar-refractivity contribution in [2.75, 3.05) is 13.1 Å². The van der Waals surface area contributed by atoms with Gasteiger partial charge in [-0.15, -0.1) is 0 Å². The molecule has 1 fully saturated rings. The van der Waals surface area contributed by atoms with E-state index in [9.17, 15) is 0 Å². The zero-order chi connectivity index (χ0) is 7.56. The maximum Gasteiger partial charge on any atom is 0.0819 e. The van der Waals surface area contributed by atoms with E-state index in [-0.39, 0.29) is 0 Å². The van der Waals surface area contributed by atoms with Crippen LogP contribution in [0.2, 0.25) is 0 Å². The summed E-state index contributed by atoms with van der Waals surface area (Å²) in [6.45, 7) is 0.946. The lowest BCUT2D eigenvalue weighted by atomic mass is 10.1. The summed E-state index contributed by atoms with van der Waals surface area (Å²) in [7, 11) is 0. The van der Waals surface area contributed by atoms with Gasteiger partial charge in [-0.1, -0.05) is 0 Å². The average Bonchev–Trinajstić information content (AvgIpc) is 1.85. The van der Waals surface area contributed by atoms with E-state index in [1.807, 2.05) is 0 Å². The summed E-state index contributed by atoms with van der Waals surface area (Å²) in [5.41, 5.74) is 0. The molecule has 0 aromatic heterocycles. The fourth-order valence-corrected chi connectivity index (χ4v) is 1.18. The molecule has 0 aromatic carbocycles. The van der Waals surface area contributed by atoms with E-state index in [2.05, 4.69) is 0 Å². The van der Waals surface area contributed by atoms with Gasteiger partial charge in [-0.25, -0.2) is 0 Å². The van der Waals surface area contributed by atoms with Gasteiger partial charge >= 0.3 is 0 Å². The van der Waals surface area contributed by atoms with Crippen molar-refractivity contribution >= 4 is 6.34 Å². The minimum atomic E-state index is -0.481. The fraction of sp³-hybridized carbons (Fsp3) is 0.833. The van der Waals surface area contributed by atoms with Gasteiger partial charge in [-0.05, 0) is 0 Å². The first-order valence-corrected chi connectivity index (χ1v) is 3.33. The topological polar surface area (TPSA) is 67.6 Å². The molecule has 2 atom stereocenters. The molecule has 0 amide bonds. The number of piperidine rings is 1. The maximum absolute atomic E-state index is 9.08. The summed E-state index contributed by atoms with van der Waals surface area (Å²) in [4.78, 5) is 1.60. The third kappa shape index (κ3) is 1.68. The second-order valence-corrected chi connectivity index (χ2v) is 2.63. The molecule has 1 rings (SSSR count). The smallest absolute Gasteiger partial charge is 0.0819 e. The summed E-state index contributed by atoms with van der Waals surface area (Å²) >= 11 is 0. The summed E-state index contributed by atoms with van der Waals surface area (Å²) in [6.07, 6.45) is 0.617. The van der Waals surface area contributed by atoms with Gasteiger partial charge < -0.3 is 15.1 Å². The molecule has 0 bridgehead atoms. The van der Waals surface area contributed by atoms with E-state index < -0.39 is 12.2 Å². The van der Waals surface area contributed by atoms with Crippen molar-refractivity contribution in [1.82, 2.24) is 4.90 Å². The molecule has 1 aliphatic heterocycles. The molecule has 0 spiro atoms. The average molecular weight is 144 g/mol. The summed E-state index contributed by atoms with van der Waals surface area (Å²) in [6, 6.07) is 0. The first kappa shape index (κ1) is 7.50. The van der Waals surface area contributed by atoms with Crippen molar-refractivity contribution < 1.29 is 10.2 Å². The summed E-state index contributed by atoms with van der Waals surface area (Å²) in [5, 5.41) is 25.0. The highest BCUT2D eigenvalue weighted by Gasteiger charge is 2.21. The number of β-amino-alcohol motifs (C(OH)–C–C–N with tert-alkyl or cyclic N) is 2. The molecule has 0 aliphatic carbocycles. The quantitative estimate of drug-likeness (QED) is 0.327. The van der Waals surface area contributed by atoms with Crippen molar-refractivity contribution in [2.24, 2.45) is 0 Å². The molecule has 2 unspecified atom stereocenters. The monoisotopic (exact) mass is 144 g/mol. The molecule has 10 heavy (non-hydrogen) atoms. The minimum Gasteiger partial charge on any atom is -0.391 e. The highest BCUT2D eigenvalue weighted by Crippen LogP contribution is 2.08. The number of aliphatic hydroxyl groups is 2. The first-order valence-electron chi connectivity index (χ1n) is 3.33. The van der Waals surface area contributed by atoms with E-state index in [4.69, 9.17) is 15.6 Å². The molecule has 4 heteroatoms. The van der Waals surface area contributed by atoms with Crippen LogP contribution in [0.15, 0.2) is 0 Å². The highest BCUT2D eigenvalue weighted by molar-refractivity contribution is 5.50. The zero-order valence-electron chi connectivity index (χ0n) is 5.70. The van der Waals surface area contributed by atoms with Crippen LogP contribution >= 0.6 is 0 Å². The van der Waals surface area contributed by atoms with Crippen molar-refractivity contribution in [3.8, 4) is 0 Å². The van der Waals surface area contributed by atoms with Gasteiger partial charge in [0, 0.05) is 19.5 Å². The number of rotatable bonds is 1. The third-order valence-electron chi connectivity index (χ3n) is 1.62. The molecule has 1 heterocycles. The maximum atomic E-state index is 9.08. The summed E-state index contributed by atoms with van der Waals surface area (Å²) in [5.74, 6) is 0. The lowest BCUT2D eigenvalue weighted by molar-refractivity contribution is 0.0184. The highest BCUT2D eigenvalue weighted by atomic mass is 16.3. The number of hydrogen-bond acceptors (Lipinski definition) is 3. The summed E-state index contributed by atoms with van der Waals surface area (Å²) < 4.78 is 0. The van der Waals surface area contributed by atoms with Gasteiger partial charge in [0.15, 0.2) is 0 Å².